The van der Waals surface area contributed by atoms with E-state index in [1.165, 1.54) is 0 Å². The first-order valence-electron chi connectivity index (χ1n) is 12.0. The third-order valence-corrected chi connectivity index (χ3v) is 14.0. The number of hydrogen-bond acceptors (Lipinski definition) is 10. The second-order valence-corrected chi connectivity index (χ2v) is 14.6. The maximum Gasteiger partial charge on any atom is 0.175 e. The number of aliphatic hydroxyl groups is 1. The topological polar surface area (TPSA) is 74.2 Å². The minimum Gasteiger partial charge on any atom is -0.392 e. The zero-order chi connectivity index (χ0) is 23.5. The summed E-state index contributed by atoms with van der Waals surface area (Å²) in [7, 11) is 1.61. The van der Waals surface area contributed by atoms with Crippen LogP contribution in [0.5, 0.6) is 0 Å². The molecule has 33 heavy (non-hydrogen) atoms. The standard InChI is InChI=1S/C23H38O6S4/c1-4-23(32-9-10-33-23)15(2)19(24)16-11-31-12-17(20(16)25)21(27-14-26-3)18-13-30-8-5-22(18)28-6-7-29-22/h15-19,21,24H,4-14H2,1-3H3/t15-,16+,17-,18-,19-,21+/m0/s1. The molecule has 10 heteroatoms. The number of rotatable bonds is 9. The number of hydrogen-bond donors (Lipinski definition) is 1. The van der Waals surface area contributed by atoms with Gasteiger partial charge in [0.25, 0.3) is 0 Å². The van der Waals surface area contributed by atoms with Gasteiger partial charge in [0.1, 0.15) is 12.6 Å². The van der Waals surface area contributed by atoms with E-state index < -0.39 is 11.9 Å². The molecule has 6 nitrogen and oxygen atoms in total. The smallest absolute Gasteiger partial charge is 0.175 e. The van der Waals surface area contributed by atoms with Crippen LogP contribution < -0.4 is 0 Å². The van der Waals surface area contributed by atoms with Gasteiger partial charge in [0, 0.05) is 54.1 Å². The Morgan fingerprint density at radius 2 is 1.79 bits per heavy atom. The lowest BCUT2D eigenvalue weighted by Gasteiger charge is -2.46. The Balaban J connectivity index is 1.54. The maximum atomic E-state index is 13.9. The molecule has 190 valence electrons. The summed E-state index contributed by atoms with van der Waals surface area (Å²) in [5.41, 5.74) is 0. The van der Waals surface area contributed by atoms with Gasteiger partial charge in [-0.05, 0) is 12.2 Å². The third kappa shape index (κ3) is 5.44. The molecule has 4 heterocycles. The van der Waals surface area contributed by atoms with Crippen LogP contribution >= 0.6 is 47.0 Å². The number of carbonyl (C=O) groups is 1. The Bertz CT molecular complexity index is 655. The molecule has 0 aromatic rings. The number of Topliss-reactive ketones (excluding diaryl/α,β-unsaturated/α-hetero) is 1. The van der Waals surface area contributed by atoms with E-state index in [1.54, 1.807) is 18.9 Å². The van der Waals surface area contributed by atoms with Gasteiger partial charge in [0.15, 0.2) is 5.79 Å². The van der Waals surface area contributed by atoms with Crippen LogP contribution in [0, 0.1) is 23.7 Å². The lowest BCUT2D eigenvalue weighted by molar-refractivity contribution is -0.234. The highest BCUT2D eigenvalue weighted by Crippen LogP contribution is 2.53. The van der Waals surface area contributed by atoms with Crippen molar-refractivity contribution < 1.29 is 28.8 Å². The average Bonchev–Trinajstić information content (AvgIpc) is 3.51. The van der Waals surface area contributed by atoms with E-state index in [0.717, 1.165) is 35.9 Å². The lowest BCUT2D eigenvalue weighted by Crippen LogP contribution is -2.56. The molecule has 0 unspecified atom stereocenters. The summed E-state index contributed by atoms with van der Waals surface area (Å²) < 4.78 is 23.8. The zero-order valence-electron chi connectivity index (χ0n) is 19.9. The number of ether oxygens (including phenoxy) is 4. The zero-order valence-corrected chi connectivity index (χ0v) is 23.1. The van der Waals surface area contributed by atoms with Crippen molar-refractivity contribution in [3.05, 3.63) is 0 Å². The molecule has 0 amide bonds. The highest BCUT2D eigenvalue weighted by molar-refractivity contribution is 8.21. The van der Waals surface area contributed by atoms with Gasteiger partial charge in [-0.2, -0.15) is 23.5 Å². The molecule has 0 aliphatic carbocycles. The van der Waals surface area contributed by atoms with Crippen molar-refractivity contribution in [1.82, 2.24) is 0 Å². The van der Waals surface area contributed by atoms with E-state index in [-0.39, 0.29) is 46.4 Å². The number of aliphatic hydroxyl groups excluding tert-OH is 1. The monoisotopic (exact) mass is 538 g/mol. The van der Waals surface area contributed by atoms with E-state index in [4.69, 9.17) is 18.9 Å². The minimum atomic E-state index is -0.670. The Kier molecular flexibility index (Phi) is 9.74. The van der Waals surface area contributed by atoms with Crippen LogP contribution in [0.2, 0.25) is 0 Å². The molecule has 0 radical (unpaired) electrons. The fourth-order valence-corrected chi connectivity index (χ4v) is 11.8. The molecule has 1 N–H and O–H groups in total. The Labute approximate surface area is 215 Å². The molecule has 6 atom stereocenters. The van der Waals surface area contributed by atoms with E-state index >= 15 is 0 Å². The number of methoxy groups -OCH3 is 1. The van der Waals surface area contributed by atoms with E-state index in [9.17, 15) is 9.90 Å². The van der Waals surface area contributed by atoms with Gasteiger partial charge < -0.3 is 24.1 Å². The first kappa shape index (κ1) is 26.9. The minimum absolute atomic E-state index is 0.00114. The highest BCUT2D eigenvalue weighted by atomic mass is 32.2. The van der Waals surface area contributed by atoms with Crippen LogP contribution in [0.1, 0.15) is 26.7 Å². The van der Waals surface area contributed by atoms with Gasteiger partial charge in [0.2, 0.25) is 0 Å². The average molecular weight is 539 g/mol. The first-order chi connectivity index (χ1) is 16.0. The molecule has 0 saturated carbocycles. The summed E-state index contributed by atoms with van der Waals surface area (Å²) >= 11 is 7.54. The third-order valence-electron chi connectivity index (χ3n) is 7.62. The van der Waals surface area contributed by atoms with Crippen LogP contribution in [0.4, 0.5) is 0 Å². The molecule has 1 spiro atoms. The summed E-state index contributed by atoms with van der Waals surface area (Å²) in [6.07, 6.45) is 0.799. The Hall–Kier alpha value is 0.870. The molecule has 4 fully saturated rings. The summed E-state index contributed by atoms with van der Waals surface area (Å²) in [5.74, 6) is 4.20. The van der Waals surface area contributed by atoms with Crippen molar-refractivity contribution in [3.8, 4) is 0 Å². The predicted molar refractivity (Wildman–Crippen MR) is 139 cm³/mol. The van der Waals surface area contributed by atoms with E-state index in [2.05, 4.69) is 13.8 Å². The summed E-state index contributed by atoms with van der Waals surface area (Å²) in [4.78, 5) is 13.9. The van der Waals surface area contributed by atoms with Crippen LogP contribution in [-0.2, 0) is 23.7 Å². The lowest BCUT2D eigenvalue weighted by atomic mass is 9.77. The van der Waals surface area contributed by atoms with Crippen molar-refractivity contribution in [1.29, 1.82) is 0 Å². The van der Waals surface area contributed by atoms with Crippen molar-refractivity contribution >= 4 is 52.8 Å². The Morgan fingerprint density at radius 3 is 2.45 bits per heavy atom. The molecule has 0 aromatic carbocycles. The predicted octanol–water partition coefficient (Wildman–Crippen LogP) is 3.60. The van der Waals surface area contributed by atoms with Crippen LogP contribution in [-0.4, -0.2) is 94.6 Å². The second-order valence-electron chi connectivity index (χ2n) is 9.27. The number of ketones is 1. The van der Waals surface area contributed by atoms with Crippen molar-refractivity contribution in [2.45, 2.75) is 48.8 Å². The number of carbonyl (C=O) groups excluding carboxylic acids is 1. The van der Waals surface area contributed by atoms with Crippen molar-refractivity contribution in [2.75, 3.05) is 61.6 Å². The molecule has 4 aliphatic rings. The van der Waals surface area contributed by atoms with Crippen LogP contribution in [0.25, 0.3) is 0 Å². The van der Waals surface area contributed by atoms with Gasteiger partial charge >= 0.3 is 0 Å². The summed E-state index contributed by atoms with van der Waals surface area (Å²) in [5, 5.41) is 11.5. The van der Waals surface area contributed by atoms with Gasteiger partial charge in [-0.3, -0.25) is 4.79 Å². The van der Waals surface area contributed by atoms with Crippen molar-refractivity contribution in [3.63, 3.8) is 0 Å². The van der Waals surface area contributed by atoms with Gasteiger partial charge in [-0.1, -0.05) is 13.8 Å². The SMILES string of the molecule is CCC1([C@@H](C)[C@H](O)[C@H]2CSC[C@H]([C@@H](OCOC)[C@@H]3CSCCC34OCCO4)C2=O)SCCS1. The quantitative estimate of drug-likeness (QED) is 0.440. The maximum absolute atomic E-state index is 13.9. The second kappa shape index (κ2) is 11.9. The van der Waals surface area contributed by atoms with Gasteiger partial charge in [-0.15, -0.1) is 23.5 Å². The van der Waals surface area contributed by atoms with Crippen molar-refractivity contribution in [2.24, 2.45) is 23.7 Å². The highest BCUT2D eigenvalue weighted by Gasteiger charge is 2.55. The van der Waals surface area contributed by atoms with E-state index in [0.29, 0.717) is 24.7 Å². The molecule has 4 saturated heterocycles. The first-order valence-corrected chi connectivity index (χ1v) is 16.3. The van der Waals surface area contributed by atoms with Crippen LogP contribution in [0.3, 0.4) is 0 Å². The van der Waals surface area contributed by atoms with Gasteiger partial charge in [0.05, 0.1) is 41.3 Å². The summed E-state index contributed by atoms with van der Waals surface area (Å²) in [6, 6.07) is 0. The van der Waals surface area contributed by atoms with E-state index in [1.807, 2.05) is 35.3 Å². The molecule has 4 rings (SSSR count). The number of thioether (sulfide) groups is 4. The normalized spacial score (nSPS) is 34.4. The Morgan fingerprint density at radius 1 is 1.09 bits per heavy atom. The summed E-state index contributed by atoms with van der Waals surface area (Å²) in [6.45, 7) is 5.63. The molecule has 4 aliphatic heterocycles. The fourth-order valence-electron chi connectivity index (χ4n) is 5.72. The fraction of sp³-hybridized carbons (Fsp3) is 0.957. The molecular formula is C23H38O6S4. The largest absolute Gasteiger partial charge is 0.392 e. The molecule has 0 aromatic heterocycles. The van der Waals surface area contributed by atoms with Gasteiger partial charge in [-0.25, -0.2) is 0 Å². The van der Waals surface area contributed by atoms with Crippen LogP contribution in [0.15, 0.2) is 0 Å². The molecule has 0 bridgehead atoms. The molecular weight excluding hydrogens is 501 g/mol.